The normalized spacial score (nSPS) is 13.6. The number of nitrogens with one attached hydrogen (secondary N) is 1. The smallest absolute Gasteiger partial charge is 0.0587 e. The zero-order valence-electron chi connectivity index (χ0n) is 9.47. The number of hydrogen-bond acceptors (Lipinski definition) is 3. The molecule has 1 N–H and O–H groups in total. The average molecular weight is 188 g/mol. The van der Waals surface area contributed by atoms with E-state index in [1.165, 1.54) is 0 Å². The SMILES string of the molecule is CCN(CC)C(C)CNCCOC. The fraction of sp³-hybridized carbons (Fsp3) is 1.00. The summed E-state index contributed by atoms with van der Waals surface area (Å²) in [7, 11) is 1.73. The third-order valence-electron chi connectivity index (χ3n) is 2.36. The van der Waals surface area contributed by atoms with Gasteiger partial charge in [0, 0.05) is 26.2 Å². The van der Waals surface area contributed by atoms with Gasteiger partial charge in [-0.1, -0.05) is 13.8 Å². The molecule has 0 amide bonds. The van der Waals surface area contributed by atoms with Gasteiger partial charge in [-0.25, -0.2) is 0 Å². The molecule has 3 nitrogen and oxygen atoms in total. The van der Waals surface area contributed by atoms with Crippen LogP contribution in [0.1, 0.15) is 20.8 Å². The minimum Gasteiger partial charge on any atom is -0.383 e. The quantitative estimate of drug-likeness (QED) is 0.574. The summed E-state index contributed by atoms with van der Waals surface area (Å²) in [4.78, 5) is 2.44. The number of ether oxygens (including phenoxy) is 1. The van der Waals surface area contributed by atoms with Crippen LogP contribution in [0.3, 0.4) is 0 Å². The van der Waals surface area contributed by atoms with Gasteiger partial charge in [-0.2, -0.15) is 0 Å². The van der Waals surface area contributed by atoms with Crippen LogP contribution in [0.4, 0.5) is 0 Å². The molecule has 0 aromatic heterocycles. The monoisotopic (exact) mass is 188 g/mol. The van der Waals surface area contributed by atoms with Gasteiger partial charge in [0.1, 0.15) is 0 Å². The molecule has 0 aliphatic heterocycles. The molecular formula is C10H24N2O. The Morgan fingerprint density at radius 2 is 1.92 bits per heavy atom. The highest BCUT2D eigenvalue weighted by atomic mass is 16.5. The molecule has 0 aliphatic carbocycles. The summed E-state index contributed by atoms with van der Waals surface area (Å²) in [6.07, 6.45) is 0. The molecule has 0 saturated carbocycles. The van der Waals surface area contributed by atoms with Crippen molar-refractivity contribution in [3.8, 4) is 0 Å². The molecule has 0 fully saturated rings. The second kappa shape index (κ2) is 8.48. The Balaban J connectivity index is 3.42. The van der Waals surface area contributed by atoms with Crippen molar-refractivity contribution in [3.63, 3.8) is 0 Å². The lowest BCUT2D eigenvalue weighted by atomic mass is 10.3. The summed E-state index contributed by atoms with van der Waals surface area (Å²) in [5.41, 5.74) is 0. The maximum absolute atomic E-state index is 4.96. The van der Waals surface area contributed by atoms with Crippen LogP contribution in [0.2, 0.25) is 0 Å². The highest BCUT2D eigenvalue weighted by Crippen LogP contribution is 1.95. The van der Waals surface area contributed by atoms with E-state index in [1.807, 2.05) is 0 Å². The fourth-order valence-electron chi connectivity index (χ4n) is 1.46. The van der Waals surface area contributed by atoms with Crippen LogP contribution in [0.25, 0.3) is 0 Å². The highest BCUT2D eigenvalue weighted by molar-refractivity contribution is 4.66. The first kappa shape index (κ1) is 12.9. The number of likely N-dealkylation sites (N-methyl/N-ethyl adjacent to an activating group) is 1. The van der Waals surface area contributed by atoms with E-state index >= 15 is 0 Å². The van der Waals surface area contributed by atoms with E-state index < -0.39 is 0 Å². The van der Waals surface area contributed by atoms with Gasteiger partial charge in [-0.3, -0.25) is 4.90 Å². The lowest BCUT2D eigenvalue weighted by Crippen LogP contribution is -2.40. The first-order valence-corrected chi connectivity index (χ1v) is 5.19. The van der Waals surface area contributed by atoms with E-state index in [4.69, 9.17) is 4.74 Å². The number of nitrogens with zero attached hydrogens (tertiary/aromatic N) is 1. The zero-order chi connectivity index (χ0) is 10.1. The highest BCUT2D eigenvalue weighted by Gasteiger charge is 2.08. The summed E-state index contributed by atoms with van der Waals surface area (Å²) in [5.74, 6) is 0. The van der Waals surface area contributed by atoms with Gasteiger partial charge in [0.2, 0.25) is 0 Å². The van der Waals surface area contributed by atoms with Crippen molar-refractivity contribution < 1.29 is 4.74 Å². The predicted molar refractivity (Wildman–Crippen MR) is 57.1 cm³/mol. The Morgan fingerprint density at radius 3 is 2.38 bits per heavy atom. The van der Waals surface area contributed by atoms with Crippen molar-refractivity contribution in [1.82, 2.24) is 10.2 Å². The van der Waals surface area contributed by atoms with Crippen molar-refractivity contribution in [3.05, 3.63) is 0 Å². The van der Waals surface area contributed by atoms with Crippen molar-refractivity contribution in [1.29, 1.82) is 0 Å². The Kier molecular flexibility index (Phi) is 8.40. The molecule has 1 atom stereocenters. The molecule has 0 bridgehead atoms. The van der Waals surface area contributed by atoms with Crippen LogP contribution < -0.4 is 5.32 Å². The van der Waals surface area contributed by atoms with Crippen LogP contribution in [0.15, 0.2) is 0 Å². The first-order valence-electron chi connectivity index (χ1n) is 5.19. The maximum atomic E-state index is 4.96. The molecule has 0 aromatic rings. The second-order valence-corrected chi connectivity index (χ2v) is 3.27. The molecule has 0 rings (SSSR count). The summed E-state index contributed by atoms with van der Waals surface area (Å²) in [5, 5.41) is 3.37. The van der Waals surface area contributed by atoms with Crippen molar-refractivity contribution >= 4 is 0 Å². The van der Waals surface area contributed by atoms with Crippen molar-refractivity contribution in [2.24, 2.45) is 0 Å². The Morgan fingerprint density at radius 1 is 1.31 bits per heavy atom. The van der Waals surface area contributed by atoms with E-state index in [0.29, 0.717) is 6.04 Å². The lowest BCUT2D eigenvalue weighted by molar-refractivity contribution is 0.188. The third kappa shape index (κ3) is 6.02. The largest absolute Gasteiger partial charge is 0.383 e. The van der Waals surface area contributed by atoms with Crippen LogP contribution in [-0.4, -0.2) is 50.8 Å². The minimum atomic E-state index is 0.617. The molecule has 80 valence electrons. The molecule has 0 aromatic carbocycles. The van der Waals surface area contributed by atoms with Gasteiger partial charge in [0.15, 0.2) is 0 Å². The molecule has 0 saturated heterocycles. The molecule has 0 aliphatic rings. The molecule has 0 heterocycles. The van der Waals surface area contributed by atoms with Crippen molar-refractivity contribution in [2.75, 3.05) is 39.9 Å². The van der Waals surface area contributed by atoms with Gasteiger partial charge >= 0.3 is 0 Å². The van der Waals surface area contributed by atoms with Crippen LogP contribution in [-0.2, 0) is 4.74 Å². The molecule has 0 spiro atoms. The van der Waals surface area contributed by atoms with Gasteiger partial charge in [0.05, 0.1) is 6.61 Å². The van der Waals surface area contributed by atoms with E-state index in [-0.39, 0.29) is 0 Å². The number of hydrogen-bond donors (Lipinski definition) is 1. The van der Waals surface area contributed by atoms with Crippen LogP contribution in [0, 0.1) is 0 Å². The van der Waals surface area contributed by atoms with E-state index in [2.05, 4.69) is 31.0 Å². The molecule has 0 radical (unpaired) electrons. The van der Waals surface area contributed by atoms with Gasteiger partial charge < -0.3 is 10.1 Å². The molecule has 1 unspecified atom stereocenters. The molecular weight excluding hydrogens is 164 g/mol. The van der Waals surface area contributed by atoms with E-state index in [9.17, 15) is 0 Å². The van der Waals surface area contributed by atoms with E-state index in [1.54, 1.807) is 7.11 Å². The Labute approximate surface area is 82.4 Å². The first-order chi connectivity index (χ1) is 6.26. The second-order valence-electron chi connectivity index (χ2n) is 3.27. The van der Waals surface area contributed by atoms with Crippen molar-refractivity contribution in [2.45, 2.75) is 26.8 Å². The summed E-state index contributed by atoms with van der Waals surface area (Å²) >= 11 is 0. The molecule has 3 heteroatoms. The Hall–Kier alpha value is -0.120. The topological polar surface area (TPSA) is 24.5 Å². The zero-order valence-corrected chi connectivity index (χ0v) is 9.47. The molecule has 13 heavy (non-hydrogen) atoms. The minimum absolute atomic E-state index is 0.617. The maximum Gasteiger partial charge on any atom is 0.0587 e. The Bertz CT molecular complexity index is 105. The summed E-state index contributed by atoms with van der Waals surface area (Å²) < 4.78 is 4.96. The van der Waals surface area contributed by atoms with Crippen LogP contribution in [0.5, 0.6) is 0 Å². The summed E-state index contributed by atoms with van der Waals surface area (Å²) in [6, 6.07) is 0.617. The van der Waals surface area contributed by atoms with Gasteiger partial charge in [-0.05, 0) is 20.0 Å². The van der Waals surface area contributed by atoms with Gasteiger partial charge in [-0.15, -0.1) is 0 Å². The average Bonchev–Trinajstić information content (AvgIpc) is 2.14. The standard InChI is InChI=1S/C10H24N2O/c1-5-12(6-2)10(3)9-11-7-8-13-4/h10-11H,5-9H2,1-4H3. The third-order valence-corrected chi connectivity index (χ3v) is 2.36. The predicted octanol–water partition coefficient (Wildman–Crippen LogP) is 0.953. The van der Waals surface area contributed by atoms with E-state index in [0.717, 1.165) is 32.8 Å². The fourth-order valence-corrected chi connectivity index (χ4v) is 1.46. The number of rotatable bonds is 8. The van der Waals surface area contributed by atoms with Gasteiger partial charge in [0.25, 0.3) is 0 Å². The van der Waals surface area contributed by atoms with Crippen LogP contribution >= 0.6 is 0 Å². The summed E-state index contributed by atoms with van der Waals surface area (Å²) in [6.45, 7) is 11.7. The lowest BCUT2D eigenvalue weighted by Gasteiger charge is -2.26. The number of methoxy groups -OCH3 is 1.